The predicted octanol–water partition coefficient (Wildman–Crippen LogP) is 3.70. The molecule has 33 heavy (non-hydrogen) atoms. The third-order valence-corrected chi connectivity index (χ3v) is 5.74. The summed E-state index contributed by atoms with van der Waals surface area (Å²) in [6, 6.07) is 26.9. The van der Waals surface area contributed by atoms with Crippen molar-refractivity contribution in [1.82, 2.24) is 10.2 Å². The molecule has 6 nitrogen and oxygen atoms in total. The highest BCUT2D eigenvalue weighted by atomic mass is 32.1. The highest BCUT2D eigenvalue weighted by molar-refractivity contribution is 7.80. The molecule has 1 aliphatic heterocycles. The SMILES string of the molecule is O=C(Cc1ccccc1)NC(=S)Nc1ccc(N2CCN(C(=O)c3ccccc3)CC2)cc1. The number of carbonyl (C=O) groups is 2. The van der Waals surface area contributed by atoms with Crippen molar-refractivity contribution < 1.29 is 9.59 Å². The van der Waals surface area contributed by atoms with Gasteiger partial charge in [0.1, 0.15) is 0 Å². The molecule has 1 fully saturated rings. The van der Waals surface area contributed by atoms with Crippen LogP contribution in [-0.4, -0.2) is 48.0 Å². The Morgan fingerprint density at radius 3 is 2.03 bits per heavy atom. The van der Waals surface area contributed by atoms with Crippen molar-refractivity contribution in [2.24, 2.45) is 0 Å². The molecular formula is C26H26N4O2S. The highest BCUT2D eigenvalue weighted by Crippen LogP contribution is 2.20. The van der Waals surface area contributed by atoms with Gasteiger partial charge < -0.3 is 20.4 Å². The van der Waals surface area contributed by atoms with Crippen LogP contribution >= 0.6 is 12.2 Å². The first-order chi connectivity index (χ1) is 16.1. The van der Waals surface area contributed by atoms with Crippen molar-refractivity contribution in [3.05, 3.63) is 96.1 Å². The van der Waals surface area contributed by atoms with E-state index in [-0.39, 0.29) is 23.3 Å². The first kappa shape index (κ1) is 22.5. The quantitative estimate of drug-likeness (QED) is 0.571. The number of nitrogens with zero attached hydrogens (tertiary/aromatic N) is 2. The maximum atomic E-state index is 12.6. The minimum Gasteiger partial charge on any atom is -0.368 e. The van der Waals surface area contributed by atoms with E-state index in [2.05, 4.69) is 15.5 Å². The molecule has 0 atom stereocenters. The van der Waals surface area contributed by atoms with Crippen molar-refractivity contribution in [2.75, 3.05) is 36.4 Å². The molecule has 0 bridgehead atoms. The topological polar surface area (TPSA) is 64.7 Å². The van der Waals surface area contributed by atoms with E-state index in [1.54, 1.807) is 0 Å². The van der Waals surface area contributed by atoms with Crippen LogP contribution in [0.3, 0.4) is 0 Å². The van der Waals surface area contributed by atoms with Gasteiger partial charge in [-0.1, -0.05) is 48.5 Å². The average Bonchev–Trinajstić information content (AvgIpc) is 2.85. The number of hydrogen-bond donors (Lipinski definition) is 2. The Balaban J connectivity index is 1.25. The molecule has 0 saturated carbocycles. The van der Waals surface area contributed by atoms with E-state index in [1.165, 1.54) is 0 Å². The summed E-state index contributed by atoms with van der Waals surface area (Å²) in [7, 11) is 0. The Morgan fingerprint density at radius 1 is 0.788 bits per heavy atom. The maximum absolute atomic E-state index is 12.6. The largest absolute Gasteiger partial charge is 0.368 e. The van der Waals surface area contributed by atoms with Crippen molar-refractivity contribution >= 4 is 40.5 Å². The minimum atomic E-state index is -0.154. The van der Waals surface area contributed by atoms with Gasteiger partial charge in [0.25, 0.3) is 5.91 Å². The number of nitrogens with one attached hydrogen (secondary N) is 2. The van der Waals surface area contributed by atoms with Gasteiger partial charge in [0.15, 0.2) is 5.11 Å². The van der Waals surface area contributed by atoms with Crippen LogP contribution in [0.1, 0.15) is 15.9 Å². The molecule has 0 aliphatic carbocycles. The van der Waals surface area contributed by atoms with Gasteiger partial charge in [0, 0.05) is 43.1 Å². The van der Waals surface area contributed by atoms with Crippen LogP contribution < -0.4 is 15.5 Å². The van der Waals surface area contributed by atoms with Crippen LogP contribution in [0.4, 0.5) is 11.4 Å². The minimum absolute atomic E-state index is 0.0811. The van der Waals surface area contributed by atoms with Crippen molar-refractivity contribution in [2.45, 2.75) is 6.42 Å². The lowest BCUT2D eigenvalue weighted by atomic mass is 10.1. The lowest BCUT2D eigenvalue weighted by molar-refractivity contribution is -0.119. The van der Waals surface area contributed by atoms with Crippen LogP contribution in [0.5, 0.6) is 0 Å². The number of anilines is 2. The van der Waals surface area contributed by atoms with Crippen molar-refractivity contribution in [1.29, 1.82) is 0 Å². The molecule has 0 aromatic heterocycles. The van der Waals surface area contributed by atoms with Crippen LogP contribution in [0, 0.1) is 0 Å². The molecule has 2 amide bonds. The molecule has 0 radical (unpaired) electrons. The van der Waals surface area contributed by atoms with Crippen LogP contribution in [0.15, 0.2) is 84.9 Å². The number of thiocarbonyl (C=S) groups is 1. The number of hydrogen-bond acceptors (Lipinski definition) is 4. The van der Waals surface area contributed by atoms with Crippen LogP contribution in [0.2, 0.25) is 0 Å². The summed E-state index contributed by atoms with van der Waals surface area (Å²) >= 11 is 5.27. The molecule has 7 heteroatoms. The van der Waals surface area contributed by atoms with Gasteiger partial charge in [0.2, 0.25) is 5.91 Å². The average molecular weight is 459 g/mol. The predicted molar refractivity (Wildman–Crippen MR) is 136 cm³/mol. The van der Waals surface area contributed by atoms with E-state index in [0.29, 0.717) is 13.1 Å². The molecule has 2 N–H and O–H groups in total. The Bertz CT molecular complexity index is 1100. The number of rotatable bonds is 5. The molecule has 1 heterocycles. The fraction of sp³-hybridized carbons (Fsp3) is 0.192. The molecular weight excluding hydrogens is 432 g/mol. The van der Waals surface area contributed by atoms with Gasteiger partial charge >= 0.3 is 0 Å². The molecule has 3 aromatic carbocycles. The first-order valence-electron chi connectivity index (χ1n) is 10.9. The van der Waals surface area contributed by atoms with E-state index >= 15 is 0 Å². The zero-order chi connectivity index (χ0) is 23.0. The smallest absolute Gasteiger partial charge is 0.253 e. The van der Waals surface area contributed by atoms with Crippen LogP contribution in [-0.2, 0) is 11.2 Å². The monoisotopic (exact) mass is 458 g/mol. The van der Waals surface area contributed by atoms with Crippen LogP contribution in [0.25, 0.3) is 0 Å². The number of carbonyl (C=O) groups excluding carboxylic acids is 2. The number of amides is 2. The summed E-state index contributed by atoms with van der Waals surface area (Å²) in [5, 5.41) is 6.05. The molecule has 4 rings (SSSR count). The molecule has 0 spiro atoms. The molecule has 0 unspecified atom stereocenters. The van der Waals surface area contributed by atoms with Gasteiger partial charge in [-0.15, -0.1) is 0 Å². The van der Waals surface area contributed by atoms with Gasteiger partial charge in [-0.3, -0.25) is 9.59 Å². The van der Waals surface area contributed by atoms with E-state index in [4.69, 9.17) is 12.2 Å². The summed E-state index contributed by atoms with van der Waals surface area (Å²) < 4.78 is 0. The summed E-state index contributed by atoms with van der Waals surface area (Å²) in [4.78, 5) is 29.0. The lowest BCUT2D eigenvalue weighted by Gasteiger charge is -2.36. The standard InChI is InChI=1S/C26H26N4O2S/c31-24(19-20-7-3-1-4-8-20)28-26(33)27-22-11-13-23(14-12-22)29-15-17-30(18-16-29)25(32)21-9-5-2-6-10-21/h1-14H,15-19H2,(H2,27,28,31,33). The second-order valence-corrected chi connectivity index (χ2v) is 8.27. The number of benzene rings is 3. The summed E-state index contributed by atoms with van der Waals surface area (Å²) in [5.74, 6) is -0.0733. The summed E-state index contributed by atoms with van der Waals surface area (Å²) in [6.45, 7) is 2.93. The Morgan fingerprint density at radius 2 is 1.39 bits per heavy atom. The van der Waals surface area contributed by atoms with Gasteiger partial charge in [-0.25, -0.2) is 0 Å². The third kappa shape index (κ3) is 6.17. The summed E-state index contributed by atoms with van der Waals surface area (Å²) in [5.41, 5.74) is 3.56. The Hall–Kier alpha value is -3.71. The number of piperazine rings is 1. The van der Waals surface area contributed by atoms with Gasteiger partial charge in [-0.05, 0) is 54.2 Å². The molecule has 1 aliphatic rings. The van der Waals surface area contributed by atoms with E-state index in [1.807, 2.05) is 89.8 Å². The molecule has 168 valence electrons. The third-order valence-electron chi connectivity index (χ3n) is 5.54. The molecule has 1 saturated heterocycles. The van der Waals surface area contributed by atoms with E-state index in [0.717, 1.165) is 35.6 Å². The fourth-order valence-electron chi connectivity index (χ4n) is 3.80. The Labute approximate surface area is 199 Å². The second-order valence-electron chi connectivity index (χ2n) is 7.86. The Kier molecular flexibility index (Phi) is 7.32. The highest BCUT2D eigenvalue weighted by Gasteiger charge is 2.22. The van der Waals surface area contributed by atoms with E-state index < -0.39 is 0 Å². The zero-order valence-electron chi connectivity index (χ0n) is 18.2. The van der Waals surface area contributed by atoms with Crippen molar-refractivity contribution in [3.63, 3.8) is 0 Å². The van der Waals surface area contributed by atoms with Gasteiger partial charge in [-0.2, -0.15) is 0 Å². The zero-order valence-corrected chi connectivity index (χ0v) is 19.1. The normalized spacial score (nSPS) is 13.3. The molecule has 3 aromatic rings. The fourth-order valence-corrected chi connectivity index (χ4v) is 4.03. The van der Waals surface area contributed by atoms with Crippen molar-refractivity contribution in [3.8, 4) is 0 Å². The second kappa shape index (κ2) is 10.7. The summed E-state index contributed by atoms with van der Waals surface area (Å²) in [6.07, 6.45) is 0.278. The van der Waals surface area contributed by atoms with E-state index in [9.17, 15) is 9.59 Å². The first-order valence-corrected chi connectivity index (χ1v) is 11.3. The van der Waals surface area contributed by atoms with Gasteiger partial charge in [0.05, 0.1) is 6.42 Å². The lowest BCUT2D eigenvalue weighted by Crippen LogP contribution is -2.48. The maximum Gasteiger partial charge on any atom is 0.253 e.